The van der Waals surface area contributed by atoms with Gasteiger partial charge in [-0.3, -0.25) is 0 Å². The predicted molar refractivity (Wildman–Crippen MR) is 123 cm³/mol. The number of nitrogens with zero attached hydrogens (tertiary/aromatic N) is 4. The van der Waals surface area contributed by atoms with Crippen LogP contribution < -0.4 is 15.5 Å². The maximum absolute atomic E-state index is 6.08. The summed E-state index contributed by atoms with van der Waals surface area (Å²) in [6.07, 6.45) is 4.98. The van der Waals surface area contributed by atoms with Crippen LogP contribution >= 0.6 is 15.9 Å². The van der Waals surface area contributed by atoms with Gasteiger partial charge in [-0.2, -0.15) is 0 Å². The number of hydrogen-bond acceptors (Lipinski definition) is 5. The predicted octanol–water partition coefficient (Wildman–Crippen LogP) is 5.62. The van der Waals surface area contributed by atoms with Crippen LogP contribution in [-0.4, -0.2) is 14.5 Å². The highest BCUT2D eigenvalue weighted by molar-refractivity contribution is 9.10. The highest BCUT2D eigenvalue weighted by Crippen LogP contribution is 2.30. The summed E-state index contributed by atoms with van der Waals surface area (Å²) < 4.78 is 8.96. The van der Waals surface area contributed by atoms with E-state index in [1.165, 1.54) is 6.20 Å². The van der Waals surface area contributed by atoms with E-state index in [0.717, 1.165) is 43.7 Å². The van der Waals surface area contributed by atoms with Crippen LogP contribution in [0.25, 0.3) is 10.9 Å². The lowest BCUT2D eigenvalue weighted by molar-refractivity contribution is 0.475. The third kappa shape index (κ3) is 4.26. The van der Waals surface area contributed by atoms with E-state index < -0.39 is 0 Å². The lowest BCUT2D eigenvalue weighted by Crippen LogP contribution is -2.15. The number of pyridine rings is 1. The van der Waals surface area contributed by atoms with Gasteiger partial charge in [-0.1, -0.05) is 22.5 Å². The van der Waals surface area contributed by atoms with Gasteiger partial charge in [0.1, 0.15) is 29.1 Å². The van der Waals surface area contributed by atoms with Gasteiger partial charge in [0.2, 0.25) is 0 Å². The van der Waals surface area contributed by atoms with Crippen LogP contribution in [-0.2, 0) is 7.05 Å². The Kier molecular flexibility index (Phi) is 5.63. The first-order chi connectivity index (χ1) is 14.5. The molecule has 2 heterocycles. The molecule has 0 unspecified atom stereocenters. The summed E-state index contributed by atoms with van der Waals surface area (Å²) in [6.45, 7) is 5.66. The van der Waals surface area contributed by atoms with Crippen molar-refractivity contribution in [3.8, 4) is 11.5 Å². The van der Waals surface area contributed by atoms with Crippen LogP contribution in [0, 0.1) is 6.92 Å². The molecule has 0 spiro atoms. The first-order valence-corrected chi connectivity index (χ1v) is 10.1. The Bertz CT molecular complexity index is 1310. The number of fused-ring (bicyclic) bond motifs is 1. The molecule has 0 fully saturated rings. The molecule has 2 aromatic heterocycles. The van der Waals surface area contributed by atoms with Crippen molar-refractivity contribution in [1.29, 1.82) is 0 Å². The van der Waals surface area contributed by atoms with E-state index in [2.05, 4.69) is 42.8 Å². The molecule has 4 rings (SSSR count). The number of halogens is 1. The Morgan fingerprint density at radius 3 is 2.80 bits per heavy atom. The lowest BCUT2D eigenvalue weighted by atomic mass is 10.2. The van der Waals surface area contributed by atoms with Crippen molar-refractivity contribution in [3.63, 3.8) is 0 Å². The summed E-state index contributed by atoms with van der Waals surface area (Å²) in [5.74, 6) is 2.24. The zero-order valence-corrected chi connectivity index (χ0v) is 18.2. The second-order valence-electron chi connectivity index (χ2n) is 6.73. The number of aryl methyl sites for hydroxylation is 2. The normalized spacial score (nSPS) is 11.5. The minimum Gasteiger partial charge on any atom is -0.457 e. The highest BCUT2D eigenvalue weighted by atomic mass is 79.9. The van der Waals surface area contributed by atoms with E-state index in [1.807, 2.05) is 73.3 Å². The average molecular weight is 462 g/mol. The Morgan fingerprint density at radius 1 is 1.13 bits per heavy atom. The third-order valence-corrected chi connectivity index (χ3v) is 5.07. The lowest BCUT2D eigenvalue weighted by Gasteiger charge is -2.13. The van der Waals surface area contributed by atoms with Gasteiger partial charge in [-0.15, -0.1) is 0 Å². The van der Waals surface area contributed by atoms with Crippen molar-refractivity contribution >= 4 is 38.3 Å². The molecule has 30 heavy (non-hydrogen) atoms. The quantitative estimate of drug-likeness (QED) is 0.418. The zero-order chi connectivity index (χ0) is 21.1. The molecular formula is C23H20BrN5O. The molecule has 0 atom stereocenters. The molecule has 6 nitrogen and oxygen atoms in total. The Balaban J connectivity index is 1.60. The average Bonchev–Trinajstić information content (AvgIpc) is 2.73. The van der Waals surface area contributed by atoms with Gasteiger partial charge in [0.05, 0.1) is 5.52 Å². The molecule has 150 valence electrons. The van der Waals surface area contributed by atoms with Gasteiger partial charge in [0.25, 0.3) is 0 Å². The number of nitrogens with one attached hydrogen (secondary N) is 1. The monoisotopic (exact) mass is 461 g/mol. The maximum Gasteiger partial charge on any atom is 0.141 e. The Morgan fingerprint density at radius 2 is 2.00 bits per heavy atom. The zero-order valence-electron chi connectivity index (χ0n) is 16.6. The molecule has 4 aromatic rings. The molecule has 2 aromatic carbocycles. The molecule has 0 bridgehead atoms. The number of hydrogen-bond donors (Lipinski definition) is 1. The third-order valence-electron chi connectivity index (χ3n) is 4.58. The number of benzene rings is 2. The van der Waals surface area contributed by atoms with Gasteiger partial charge in [0, 0.05) is 41.1 Å². The van der Waals surface area contributed by atoms with E-state index in [9.17, 15) is 0 Å². The van der Waals surface area contributed by atoms with Gasteiger partial charge in [0.15, 0.2) is 0 Å². The number of anilines is 2. The number of aromatic nitrogens is 3. The first kappa shape index (κ1) is 19.8. The van der Waals surface area contributed by atoms with Crippen molar-refractivity contribution < 1.29 is 4.74 Å². The molecule has 0 aliphatic carbocycles. The molecule has 1 N–H and O–H groups in total. The largest absolute Gasteiger partial charge is 0.457 e. The fourth-order valence-corrected chi connectivity index (χ4v) is 3.42. The van der Waals surface area contributed by atoms with Crippen LogP contribution in [0.4, 0.5) is 11.5 Å². The van der Waals surface area contributed by atoms with Crippen molar-refractivity contribution in [3.05, 3.63) is 89.4 Å². The minimum absolute atomic E-state index is 0.712. The van der Waals surface area contributed by atoms with Crippen molar-refractivity contribution in [2.24, 2.45) is 12.0 Å². The fraction of sp³-hybridized carbons (Fsp3) is 0.0870. The smallest absolute Gasteiger partial charge is 0.141 e. The summed E-state index contributed by atoms with van der Waals surface area (Å²) >= 11 is 3.51. The van der Waals surface area contributed by atoms with Gasteiger partial charge < -0.3 is 14.6 Å². The van der Waals surface area contributed by atoms with Gasteiger partial charge in [-0.05, 0) is 55.0 Å². The van der Waals surface area contributed by atoms with E-state index in [1.54, 1.807) is 6.33 Å². The minimum atomic E-state index is 0.712. The van der Waals surface area contributed by atoms with Gasteiger partial charge >= 0.3 is 0 Å². The Hall–Kier alpha value is -3.45. The number of rotatable bonds is 5. The molecular weight excluding hydrogens is 442 g/mol. The first-order valence-electron chi connectivity index (χ1n) is 9.31. The van der Waals surface area contributed by atoms with E-state index in [4.69, 9.17) is 4.74 Å². The van der Waals surface area contributed by atoms with Crippen LogP contribution in [0.3, 0.4) is 0 Å². The summed E-state index contributed by atoms with van der Waals surface area (Å²) in [6, 6.07) is 15.6. The molecule has 0 radical (unpaired) electrons. The van der Waals surface area contributed by atoms with E-state index in [-0.39, 0.29) is 0 Å². The second kappa shape index (κ2) is 8.51. The van der Waals surface area contributed by atoms with Crippen molar-refractivity contribution in [2.75, 3.05) is 5.32 Å². The standard InChI is InChI=1S/C23H20BrN5O/c1-4-25-22-13-18(9-10-29(22)3)30-21-8-6-17(11-15(21)2)28-23-19-12-16(24)5-7-20(19)26-14-27-23/h4-14H,1H2,2-3H3,(H,26,27,28). The summed E-state index contributed by atoms with van der Waals surface area (Å²) in [4.78, 5) is 13.0. The van der Waals surface area contributed by atoms with Gasteiger partial charge in [-0.25, -0.2) is 15.0 Å². The fourth-order valence-electron chi connectivity index (χ4n) is 3.06. The second-order valence-corrected chi connectivity index (χ2v) is 7.65. The van der Waals surface area contributed by atoms with E-state index in [0.29, 0.717) is 5.75 Å². The maximum atomic E-state index is 6.08. The SMILES string of the molecule is C=CN=c1cc(Oc2ccc(Nc3ncnc4ccc(Br)cc34)cc2C)ccn1C. The van der Waals surface area contributed by atoms with Crippen LogP contribution in [0.15, 0.2) is 83.3 Å². The molecule has 0 saturated heterocycles. The molecule has 0 amide bonds. The highest BCUT2D eigenvalue weighted by Gasteiger charge is 2.08. The summed E-state index contributed by atoms with van der Waals surface area (Å²) in [7, 11) is 1.92. The topological polar surface area (TPSA) is 64.3 Å². The van der Waals surface area contributed by atoms with E-state index >= 15 is 0 Å². The summed E-state index contributed by atoms with van der Waals surface area (Å²) in [5, 5.41) is 4.33. The number of ether oxygens (including phenoxy) is 1. The summed E-state index contributed by atoms with van der Waals surface area (Å²) in [5.41, 5.74) is 3.56. The van der Waals surface area contributed by atoms with Crippen LogP contribution in [0.1, 0.15) is 5.56 Å². The Labute approximate surface area is 182 Å². The molecule has 0 aliphatic rings. The molecule has 7 heteroatoms. The van der Waals surface area contributed by atoms with Crippen LogP contribution in [0.2, 0.25) is 0 Å². The van der Waals surface area contributed by atoms with Crippen LogP contribution in [0.5, 0.6) is 11.5 Å². The molecule has 0 saturated carbocycles. The van der Waals surface area contributed by atoms with Crippen molar-refractivity contribution in [2.45, 2.75) is 6.92 Å². The molecule has 0 aliphatic heterocycles. The van der Waals surface area contributed by atoms with Crippen molar-refractivity contribution in [1.82, 2.24) is 14.5 Å².